The number of hydrogen-bond donors (Lipinski definition) is 5. The molecular formula is C27H24F4N8O5. The minimum Gasteiger partial charge on any atom is -0.493 e. The van der Waals surface area contributed by atoms with Gasteiger partial charge in [0, 0.05) is 22.9 Å². The van der Waals surface area contributed by atoms with Crippen LogP contribution in [0.4, 0.5) is 28.9 Å². The van der Waals surface area contributed by atoms with E-state index < -0.39 is 41.3 Å². The lowest BCUT2D eigenvalue weighted by Gasteiger charge is -2.26. The molecule has 0 fully saturated rings. The number of carbonyl (C=O) groups excluding carboxylic acids is 1. The summed E-state index contributed by atoms with van der Waals surface area (Å²) in [7, 11) is 1.34. The number of pyridine rings is 1. The lowest BCUT2D eigenvalue weighted by atomic mass is 9.96. The topological polar surface area (TPSA) is 196 Å². The summed E-state index contributed by atoms with van der Waals surface area (Å²) < 4.78 is 72.2. The molecule has 3 heterocycles. The molecule has 17 heteroatoms. The highest BCUT2D eigenvalue weighted by Gasteiger charge is 2.42. The first-order chi connectivity index (χ1) is 20.9. The summed E-state index contributed by atoms with van der Waals surface area (Å²) in [5.41, 5.74) is 10.4. The number of rotatable bonds is 8. The molecule has 2 aromatic carbocycles. The lowest BCUT2D eigenvalue weighted by molar-refractivity contribution is -0.189. The summed E-state index contributed by atoms with van der Waals surface area (Å²) >= 11 is 0. The predicted octanol–water partition coefficient (Wildman–Crippen LogP) is 2.96. The van der Waals surface area contributed by atoms with Crippen molar-refractivity contribution >= 4 is 23.2 Å². The van der Waals surface area contributed by atoms with Crippen molar-refractivity contribution in [2.45, 2.75) is 25.1 Å². The Morgan fingerprint density at radius 1 is 1.25 bits per heavy atom. The summed E-state index contributed by atoms with van der Waals surface area (Å²) in [4.78, 5) is 31.4. The van der Waals surface area contributed by atoms with Crippen LogP contribution in [0.5, 0.6) is 17.2 Å². The second-order valence-electron chi connectivity index (χ2n) is 9.47. The molecule has 0 bridgehead atoms. The maximum absolute atomic E-state index is 16.2. The Kier molecular flexibility index (Phi) is 7.86. The van der Waals surface area contributed by atoms with Crippen molar-refractivity contribution in [1.29, 1.82) is 5.41 Å². The van der Waals surface area contributed by atoms with Crippen LogP contribution in [0.15, 0.2) is 47.4 Å². The van der Waals surface area contributed by atoms with Gasteiger partial charge in [-0.05, 0) is 49.2 Å². The molecule has 0 saturated heterocycles. The van der Waals surface area contributed by atoms with Gasteiger partial charge in [0.25, 0.3) is 0 Å². The maximum atomic E-state index is 16.2. The molecule has 0 spiro atoms. The van der Waals surface area contributed by atoms with E-state index >= 15 is 4.39 Å². The van der Waals surface area contributed by atoms with Crippen molar-refractivity contribution < 1.29 is 36.6 Å². The summed E-state index contributed by atoms with van der Waals surface area (Å²) in [6, 6.07) is 6.22. The minimum absolute atomic E-state index is 0.0405. The van der Waals surface area contributed by atoms with Gasteiger partial charge in [0.2, 0.25) is 0 Å². The van der Waals surface area contributed by atoms with Crippen LogP contribution in [0.1, 0.15) is 35.0 Å². The van der Waals surface area contributed by atoms with E-state index in [1.807, 2.05) is 0 Å². The van der Waals surface area contributed by atoms with Gasteiger partial charge in [-0.3, -0.25) is 10.4 Å². The number of H-pyrrole nitrogens is 1. The quantitative estimate of drug-likeness (QED) is 0.0645. The van der Waals surface area contributed by atoms with E-state index in [0.717, 1.165) is 10.7 Å². The van der Waals surface area contributed by atoms with Gasteiger partial charge < -0.3 is 31.0 Å². The number of methoxy groups -OCH3 is 1. The molecule has 1 aliphatic rings. The van der Waals surface area contributed by atoms with Gasteiger partial charge in [0.1, 0.15) is 17.7 Å². The fourth-order valence-corrected chi connectivity index (χ4v) is 4.56. The average Bonchev–Trinajstić information content (AvgIpc) is 3.37. The third-order valence-corrected chi connectivity index (χ3v) is 6.60. The van der Waals surface area contributed by atoms with Gasteiger partial charge in [-0.25, -0.2) is 19.0 Å². The molecule has 1 unspecified atom stereocenters. The Morgan fingerprint density at radius 3 is 2.70 bits per heavy atom. The van der Waals surface area contributed by atoms with Crippen molar-refractivity contribution in [1.82, 2.24) is 19.7 Å². The zero-order chi connectivity index (χ0) is 31.8. The van der Waals surface area contributed by atoms with E-state index in [0.29, 0.717) is 13.0 Å². The van der Waals surface area contributed by atoms with E-state index in [1.165, 1.54) is 43.6 Å². The number of benzene rings is 2. The number of halogens is 4. The number of nitrogens with two attached hydrogens (primary N) is 2. The van der Waals surface area contributed by atoms with Gasteiger partial charge in [-0.15, -0.1) is 5.10 Å². The van der Waals surface area contributed by atoms with E-state index in [-0.39, 0.29) is 57.6 Å². The zero-order valence-electron chi connectivity index (χ0n) is 22.8. The van der Waals surface area contributed by atoms with Crippen molar-refractivity contribution in [2.24, 2.45) is 5.73 Å². The van der Waals surface area contributed by atoms with E-state index in [2.05, 4.69) is 25.1 Å². The van der Waals surface area contributed by atoms with Crippen LogP contribution in [-0.4, -0.2) is 51.4 Å². The Balaban J connectivity index is 1.70. The number of nitrogen functional groups attached to an aromatic ring is 2. The number of carbonyl (C=O) groups is 1. The Hall–Kier alpha value is -5.61. The number of fused-ring (bicyclic) bond motifs is 1. The number of ether oxygens (including phenoxy) is 3. The number of nitrogens with one attached hydrogen (secondary N) is 3. The third kappa shape index (κ3) is 5.70. The maximum Gasteiger partial charge on any atom is 0.491 e. The molecule has 0 amide bonds. The first-order valence-electron chi connectivity index (χ1n) is 12.8. The molecule has 4 aromatic rings. The zero-order valence-corrected chi connectivity index (χ0v) is 22.8. The minimum atomic E-state index is -5.37. The van der Waals surface area contributed by atoms with Gasteiger partial charge in [-0.2, -0.15) is 17.9 Å². The van der Waals surface area contributed by atoms with Gasteiger partial charge >= 0.3 is 17.8 Å². The smallest absolute Gasteiger partial charge is 0.491 e. The molecule has 7 N–H and O–H groups in total. The highest BCUT2D eigenvalue weighted by Crippen LogP contribution is 2.42. The number of esters is 1. The fourth-order valence-electron chi connectivity index (χ4n) is 4.56. The van der Waals surface area contributed by atoms with Crippen LogP contribution >= 0.6 is 0 Å². The molecule has 13 nitrogen and oxygen atoms in total. The largest absolute Gasteiger partial charge is 0.493 e. The Morgan fingerprint density at radius 2 is 2.02 bits per heavy atom. The number of amidine groups is 1. The molecular weight excluding hydrogens is 592 g/mol. The number of hydrogen-bond acceptors (Lipinski definition) is 10. The highest BCUT2D eigenvalue weighted by atomic mass is 19.4. The predicted molar refractivity (Wildman–Crippen MR) is 148 cm³/mol. The number of alkyl halides is 3. The molecule has 1 aliphatic heterocycles. The van der Waals surface area contributed by atoms with Gasteiger partial charge in [0.15, 0.2) is 28.9 Å². The van der Waals surface area contributed by atoms with Crippen LogP contribution in [-0.2, 0) is 11.2 Å². The molecule has 1 atom stereocenters. The van der Waals surface area contributed by atoms with Crippen LogP contribution in [0.25, 0.3) is 5.82 Å². The van der Waals surface area contributed by atoms with Crippen LogP contribution < -0.4 is 36.7 Å². The summed E-state index contributed by atoms with van der Waals surface area (Å²) in [6.07, 6.45) is -3.24. The van der Waals surface area contributed by atoms with Crippen LogP contribution in [0.2, 0.25) is 0 Å². The fraction of sp³-hybridized carbons (Fsp3) is 0.222. The molecule has 2 aromatic heterocycles. The summed E-state index contributed by atoms with van der Waals surface area (Å²) in [6.45, 7) is 0.323. The van der Waals surface area contributed by atoms with E-state index in [1.54, 1.807) is 0 Å². The third-order valence-electron chi connectivity index (χ3n) is 6.60. The standard InChI is InChI=1S/C27H24F4N8O5/c1-42-18-11-14(19(28)13-4-3-9-43-21(13)18)20(23-37-26(41)39(38-23)24-15(32)5-2-8-35-24)36-16-7-6-12(22(33)34)10-17(16)44-25(40)27(29,30)31/h2,5-8,10-11,20,36H,3-4,9,32H2,1H3,(H3,33,34)(H,37,38,41). The number of aromatic nitrogens is 4. The van der Waals surface area contributed by atoms with Crippen molar-refractivity contribution in [3.8, 4) is 23.1 Å². The van der Waals surface area contributed by atoms with Crippen molar-refractivity contribution in [3.63, 3.8) is 0 Å². The number of nitrogens with zero attached hydrogens (tertiary/aromatic N) is 3. The number of anilines is 2. The summed E-state index contributed by atoms with van der Waals surface area (Å²) in [5.74, 6) is -4.46. The monoisotopic (exact) mass is 616 g/mol. The van der Waals surface area contributed by atoms with Crippen molar-refractivity contribution in [2.75, 3.05) is 24.8 Å². The first kappa shape index (κ1) is 29.9. The van der Waals surface area contributed by atoms with Crippen LogP contribution in [0.3, 0.4) is 0 Å². The first-order valence-corrected chi connectivity index (χ1v) is 12.8. The van der Waals surface area contributed by atoms with Gasteiger partial charge in [-0.1, -0.05) is 0 Å². The second-order valence-corrected chi connectivity index (χ2v) is 9.47. The SMILES string of the molecule is COc1cc(C(Nc2ccc(C(=N)N)cc2OC(=O)C(F)(F)F)c2nn(-c3ncccc3N)c(=O)[nH]2)c(F)c2c1OCCC2. The summed E-state index contributed by atoms with van der Waals surface area (Å²) in [5, 5.41) is 14.7. The molecule has 44 heavy (non-hydrogen) atoms. The second kappa shape index (κ2) is 11.6. The molecule has 5 rings (SSSR count). The average molecular weight is 617 g/mol. The molecule has 0 saturated carbocycles. The van der Waals surface area contributed by atoms with E-state index in [4.69, 9.17) is 26.4 Å². The van der Waals surface area contributed by atoms with Crippen molar-refractivity contribution in [3.05, 3.63) is 81.4 Å². The van der Waals surface area contributed by atoms with E-state index in [9.17, 15) is 22.8 Å². The Labute approximate surface area is 245 Å². The van der Waals surface area contributed by atoms with Gasteiger partial charge in [0.05, 0.1) is 25.1 Å². The molecule has 0 aliphatic carbocycles. The number of aromatic amines is 1. The molecule has 230 valence electrons. The normalized spacial score (nSPS) is 13.4. The highest BCUT2D eigenvalue weighted by molar-refractivity contribution is 5.96. The molecule has 0 radical (unpaired) electrons. The van der Waals surface area contributed by atoms with Crippen LogP contribution in [0, 0.1) is 11.2 Å². The lowest BCUT2D eigenvalue weighted by Crippen LogP contribution is -2.28. The Bertz CT molecular complexity index is 1820.